The van der Waals surface area contributed by atoms with E-state index in [2.05, 4.69) is 15.3 Å². The largest absolute Gasteiger partial charge is 0.331 e. The summed E-state index contributed by atoms with van der Waals surface area (Å²) in [5.74, 6) is 0.130. The molecule has 130 valence electrons. The van der Waals surface area contributed by atoms with Crippen LogP contribution in [0.3, 0.4) is 0 Å². The third-order valence-electron chi connectivity index (χ3n) is 5.12. The van der Waals surface area contributed by atoms with E-state index in [1.165, 1.54) is 0 Å². The van der Waals surface area contributed by atoms with Crippen molar-refractivity contribution in [2.24, 2.45) is 0 Å². The molecule has 1 N–H and O–H groups in total. The molecule has 26 heavy (non-hydrogen) atoms. The minimum Gasteiger partial charge on any atom is -0.331 e. The molecule has 2 aliphatic rings. The smallest absolute Gasteiger partial charge is 0.273 e. The second kappa shape index (κ2) is 5.39. The molecule has 2 aromatic heterocycles. The number of carbonyl (C=O) groups is 1. The van der Waals surface area contributed by atoms with Crippen molar-refractivity contribution in [3.8, 4) is 16.9 Å². The highest BCUT2D eigenvalue weighted by atomic mass is 16.2. The van der Waals surface area contributed by atoms with Crippen LogP contribution in [0.2, 0.25) is 0 Å². The third-order valence-corrected chi connectivity index (χ3v) is 5.12. The van der Waals surface area contributed by atoms with Crippen molar-refractivity contribution < 1.29 is 4.79 Å². The van der Waals surface area contributed by atoms with Gasteiger partial charge in [0.15, 0.2) is 0 Å². The van der Waals surface area contributed by atoms with Crippen molar-refractivity contribution in [3.63, 3.8) is 0 Å². The molecule has 1 saturated carbocycles. The Balaban J connectivity index is 1.54. The van der Waals surface area contributed by atoms with Crippen molar-refractivity contribution >= 4 is 5.91 Å². The van der Waals surface area contributed by atoms with Crippen LogP contribution in [0.1, 0.15) is 34.5 Å². The molecule has 1 amide bonds. The molecule has 1 fully saturated rings. The highest BCUT2D eigenvalue weighted by molar-refractivity contribution is 5.99. The number of nitrogens with zero attached hydrogens (tertiary/aromatic N) is 4. The van der Waals surface area contributed by atoms with Gasteiger partial charge >= 0.3 is 0 Å². The van der Waals surface area contributed by atoms with Gasteiger partial charge in [0.2, 0.25) is 0 Å². The topological polar surface area (TPSA) is 83.9 Å². The van der Waals surface area contributed by atoms with Crippen LogP contribution >= 0.6 is 0 Å². The lowest BCUT2D eigenvalue weighted by Gasteiger charge is -2.13. The zero-order chi connectivity index (χ0) is 17.8. The molecule has 3 heterocycles. The summed E-state index contributed by atoms with van der Waals surface area (Å²) >= 11 is 0. The van der Waals surface area contributed by atoms with Gasteiger partial charge in [0.25, 0.3) is 11.5 Å². The van der Waals surface area contributed by atoms with E-state index in [4.69, 9.17) is 0 Å². The minimum atomic E-state index is -0.216. The zero-order valence-corrected chi connectivity index (χ0v) is 14.3. The zero-order valence-electron chi connectivity index (χ0n) is 14.3. The molecular weight excluding hydrogens is 330 g/mol. The number of rotatable bonds is 3. The summed E-state index contributed by atoms with van der Waals surface area (Å²) in [5.41, 5.74) is 4.44. The molecule has 3 aromatic rings. The first kappa shape index (κ1) is 15.1. The summed E-state index contributed by atoms with van der Waals surface area (Å²) in [6.07, 6.45) is 3.79. The van der Waals surface area contributed by atoms with E-state index in [0.717, 1.165) is 35.2 Å². The molecule has 1 aromatic carbocycles. The predicted molar refractivity (Wildman–Crippen MR) is 95.0 cm³/mol. The maximum Gasteiger partial charge on any atom is 0.273 e. The van der Waals surface area contributed by atoms with Gasteiger partial charge < -0.3 is 9.88 Å². The maximum atomic E-state index is 12.5. The van der Waals surface area contributed by atoms with Gasteiger partial charge in [0, 0.05) is 29.9 Å². The average molecular weight is 347 g/mol. The Morgan fingerprint density at radius 2 is 2.04 bits per heavy atom. The second-order valence-corrected chi connectivity index (χ2v) is 6.86. The van der Waals surface area contributed by atoms with Gasteiger partial charge in [-0.05, 0) is 49.6 Å². The standard InChI is InChI=1S/C19H17N5O2/c1-11-17(21-22-24(11)16-3-2-8-20-18(16)25)12-4-7-15-13(9-12)10-23(19(15)26)14-5-6-14/h2-4,7-9,14H,5-6,10H2,1H3,(H,20,25). The molecule has 0 radical (unpaired) electrons. The Bertz CT molecular complexity index is 1090. The summed E-state index contributed by atoms with van der Waals surface area (Å²) in [7, 11) is 0. The van der Waals surface area contributed by atoms with Crippen LogP contribution in [-0.4, -0.2) is 36.8 Å². The van der Waals surface area contributed by atoms with E-state index >= 15 is 0 Å². The highest BCUT2D eigenvalue weighted by Gasteiger charge is 2.38. The van der Waals surface area contributed by atoms with Crippen LogP contribution in [0.15, 0.2) is 41.3 Å². The van der Waals surface area contributed by atoms with Crippen LogP contribution in [0.4, 0.5) is 0 Å². The Morgan fingerprint density at radius 1 is 1.19 bits per heavy atom. The van der Waals surface area contributed by atoms with Crippen LogP contribution in [0, 0.1) is 6.92 Å². The van der Waals surface area contributed by atoms with Gasteiger partial charge in [0.05, 0.1) is 5.69 Å². The lowest BCUT2D eigenvalue weighted by molar-refractivity contribution is 0.0766. The summed E-state index contributed by atoms with van der Waals surface area (Å²) < 4.78 is 1.54. The quantitative estimate of drug-likeness (QED) is 0.786. The normalized spacial score (nSPS) is 16.2. The molecule has 1 aliphatic carbocycles. The van der Waals surface area contributed by atoms with E-state index in [1.54, 1.807) is 23.0 Å². The number of fused-ring (bicyclic) bond motifs is 1. The monoisotopic (exact) mass is 347 g/mol. The second-order valence-electron chi connectivity index (χ2n) is 6.86. The number of hydrogen-bond acceptors (Lipinski definition) is 4. The number of amides is 1. The first-order valence-electron chi connectivity index (χ1n) is 8.68. The van der Waals surface area contributed by atoms with E-state index < -0.39 is 0 Å². The van der Waals surface area contributed by atoms with Gasteiger partial charge in [-0.3, -0.25) is 9.59 Å². The third kappa shape index (κ3) is 2.20. The van der Waals surface area contributed by atoms with Crippen LogP contribution in [0.5, 0.6) is 0 Å². The Morgan fingerprint density at radius 3 is 2.81 bits per heavy atom. The van der Waals surface area contributed by atoms with E-state index in [1.807, 2.05) is 30.0 Å². The molecule has 0 spiro atoms. The summed E-state index contributed by atoms with van der Waals surface area (Å²) in [5, 5.41) is 8.43. The van der Waals surface area contributed by atoms with Gasteiger partial charge in [-0.1, -0.05) is 11.3 Å². The molecule has 7 nitrogen and oxygen atoms in total. The minimum absolute atomic E-state index is 0.130. The fourth-order valence-corrected chi connectivity index (χ4v) is 3.58. The number of carbonyl (C=O) groups excluding carboxylic acids is 1. The van der Waals surface area contributed by atoms with Gasteiger partial charge in [-0.25, -0.2) is 4.68 Å². The first-order valence-corrected chi connectivity index (χ1v) is 8.68. The maximum absolute atomic E-state index is 12.5. The molecule has 0 saturated heterocycles. The average Bonchev–Trinajstić information content (AvgIpc) is 3.34. The Kier molecular flexibility index (Phi) is 3.12. The van der Waals surface area contributed by atoms with Crippen LogP contribution in [0.25, 0.3) is 16.9 Å². The van der Waals surface area contributed by atoms with E-state index in [9.17, 15) is 9.59 Å². The van der Waals surface area contributed by atoms with Gasteiger partial charge in [0.1, 0.15) is 11.4 Å². The van der Waals surface area contributed by atoms with Crippen molar-refractivity contribution in [1.82, 2.24) is 24.9 Å². The lowest BCUT2D eigenvalue weighted by atomic mass is 10.0. The van der Waals surface area contributed by atoms with E-state index in [0.29, 0.717) is 24.0 Å². The predicted octanol–water partition coefficient (Wildman–Crippen LogP) is 2.05. The molecule has 1 aliphatic heterocycles. The number of nitrogens with one attached hydrogen (secondary N) is 1. The first-order chi connectivity index (χ1) is 12.6. The van der Waals surface area contributed by atoms with Crippen molar-refractivity contribution in [1.29, 1.82) is 0 Å². The summed E-state index contributed by atoms with van der Waals surface area (Å²) in [6.45, 7) is 2.55. The molecular formula is C19H17N5O2. The van der Waals surface area contributed by atoms with Crippen molar-refractivity contribution in [2.75, 3.05) is 0 Å². The number of hydrogen-bond donors (Lipinski definition) is 1. The van der Waals surface area contributed by atoms with Gasteiger partial charge in [-0.15, -0.1) is 5.10 Å². The summed E-state index contributed by atoms with van der Waals surface area (Å²) in [4.78, 5) is 29.1. The van der Waals surface area contributed by atoms with E-state index in [-0.39, 0.29) is 11.5 Å². The Hall–Kier alpha value is -3.22. The van der Waals surface area contributed by atoms with Crippen molar-refractivity contribution in [3.05, 3.63) is 63.7 Å². The van der Waals surface area contributed by atoms with Gasteiger partial charge in [-0.2, -0.15) is 0 Å². The molecule has 0 bridgehead atoms. The highest BCUT2D eigenvalue weighted by Crippen LogP contribution is 2.36. The SMILES string of the molecule is Cc1c(-c2ccc3c(c2)CN(C2CC2)C3=O)nnn1-c1ccc[nH]c1=O. The molecule has 5 rings (SSSR count). The number of benzene rings is 1. The molecule has 0 unspecified atom stereocenters. The number of aromatic nitrogens is 4. The van der Waals surface area contributed by atoms with Crippen LogP contribution in [-0.2, 0) is 6.54 Å². The summed E-state index contributed by atoms with van der Waals surface area (Å²) in [6, 6.07) is 9.68. The molecule has 7 heteroatoms. The number of pyridine rings is 1. The number of aromatic amines is 1. The Labute approximate surface area is 149 Å². The molecule has 0 atom stereocenters. The number of H-pyrrole nitrogens is 1. The van der Waals surface area contributed by atoms with Crippen LogP contribution < -0.4 is 5.56 Å². The fraction of sp³-hybridized carbons (Fsp3) is 0.263. The fourth-order valence-electron chi connectivity index (χ4n) is 3.58. The van der Waals surface area contributed by atoms with Crippen molar-refractivity contribution in [2.45, 2.75) is 32.4 Å². The lowest BCUT2D eigenvalue weighted by Crippen LogP contribution is -2.25.